The zero-order valence-electron chi connectivity index (χ0n) is 8.70. The first kappa shape index (κ1) is 13.1. The van der Waals surface area contributed by atoms with Crippen LogP contribution in [0, 0.1) is 0 Å². The summed E-state index contributed by atoms with van der Waals surface area (Å²) in [5.41, 5.74) is 0.0921. The summed E-state index contributed by atoms with van der Waals surface area (Å²) in [5, 5.41) is 9.08. The highest BCUT2D eigenvalue weighted by molar-refractivity contribution is 7.99. The Bertz CT molecular complexity index is 418. The minimum Gasteiger partial charge on any atom is -0.478 e. The molecule has 0 saturated carbocycles. The highest BCUT2D eigenvalue weighted by Crippen LogP contribution is 2.25. The second kappa shape index (κ2) is 5.92. The average molecular weight is 259 g/mol. The van der Waals surface area contributed by atoms with Gasteiger partial charge in [0.1, 0.15) is 5.78 Å². The van der Waals surface area contributed by atoms with Crippen molar-refractivity contribution in [1.29, 1.82) is 0 Å². The Hall–Kier alpha value is -1.00. The van der Waals surface area contributed by atoms with Gasteiger partial charge in [-0.05, 0) is 25.1 Å². The zero-order valence-corrected chi connectivity index (χ0v) is 10.3. The summed E-state index contributed by atoms with van der Waals surface area (Å²) in [7, 11) is 0. The summed E-state index contributed by atoms with van der Waals surface area (Å²) in [5.74, 6) is -0.269. The van der Waals surface area contributed by atoms with E-state index in [1.165, 1.54) is 24.8 Å². The molecule has 0 saturated heterocycles. The predicted molar refractivity (Wildman–Crippen MR) is 64.4 cm³/mol. The summed E-state index contributed by atoms with van der Waals surface area (Å²) in [6, 6.07) is 4.83. The quantitative estimate of drug-likeness (QED) is 0.825. The molecule has 0 radical (unpaired) electrons. The largest absolute Gasteiger partial charge is 0.478 e. The van der Waals surface area contributed by atoms with Crippen LogP contribution in [0.5, 0.6) is 0 Å². The summed E-state index contributed by atoms with van der Waals surface area (Å²) in [4.78, 5) is 22.4. The molecule has 1 aromatic rings. The van der Waals surface area contributed by atoms with Crippen LogP contribution in [0.2, 0.25) is 5.02 Å². The van der Waals surface area contributed by atoms with E-state index in [4.69, 9.17) is 16.7 Å². The van der Waals surface area contributed by atoms with Crippen molar-refractivity contribution in [2.24, 2.45) is 0 Å². The van der Waals surface area contributed by atoms with Gasteiger partial charge >= 0.3 is 5.97 Å². The average Bonchev–Trinajstić information content (AvgIpc) is 2.19. The van der Waals surface area contributed by atoms with Crippen LogP contribution in [0.3, 0.4) is 0 Å². The molecule has 0 bridgehead atoms. The van der Waals surface area contributed by atoms with Crippen molar-refractivity contribution in [2.75, 3.05) is 5.75 Å². The van der Waals surface area contributed by atoms with E-state index in [2.05, 4.69) is 0 Å². The summed E-state index contributed by atoms with van der Waals surface area (Å²) in [6.07, 6.45) is 0.482. The number of halogens is 1. The molecule has 0 atom stereocenters. The van der Waals surface area contributed by atoms with E-state index < -0.39 is 5.97 Å². The molecule has 16 heavy (non-hydrogen) atoms. The normalized spacial score (nSPS) is 10.1. The van der Waals surface area contributed by atoms with Gasteiger partial charge < -0.3 is 5.11 Å². The van der Waals surface area contributed by atoms with Crippen molar-refractivity contribution in [1.82, 2.24) is 0 Å². The first-order valence-corrected chi connectivity index (χ1v) is 6.02. The standard InChI is InChI=1S/C11H11ClO3S/c1-7(13)4-5-16-8-2-3-10(12)9(6-8)11(14)15/h2-3,6H,4-5H2,1H3,(H,14,15). The van der Waals surface area contributed by atoms with Gasteiger partial charge in [-0.2, -0.15) is 0 Å². The van der Waals surface area contributed by atoms with Gasteiger partial charge in [0, 0.05) is 17.1 Å². The number of benzene rings is 1. The summed E-state index contributed by atoms with van der Waals surface area (Å²) in [6.45, 7) is 1.53. The molecule has 0 amide bonds. The minimum atomic E-state index is -1.04. The highest BCUT2D eigenvalue weighted by atomic mass is 35.5. The van der Waals surface area contributed by atoms with Gasteiger partial charge in [0.15, 0.2) is 0 Å². The topological polar surface area (TPSA) is 54.4 Å². The van der Waals surface area contributed by atoms with Gasteiger partial charge in [0.25, 0.3) is 0 Å². The molecular weight excluding hydrogens is 248 g/mol. The number of carboxylic acids is 1. The monoisotopic (exact) mass is 258 g/mol. The smallest absolute Gasteiger partial charge is 0.337 e. The lowest BCUT2D eigenvalue weighted by atomic mass is 10.2. The highest BCUT2D eigenvalue weighted by Gasteiger charge is 2.09. The Morgan fingerprint density at radius 3 is 2.69 bits per heavy atom. The van der Waals surface area contributed by atoms with E-state index in [1.807, 2.05) is 0 Å². The lowest BCUT2D eigenvalue weighted by molar-refractivity contribution is -0.116. The number of Topliss-reactive ketones (excluding diaryl/α,β-unsaturated/α-hetero) is 1. The van der Waals surface area contributed by atoms with Crippen molar-refractivity contribution in [3.63, 3.8) is 0 Å². The maximum absolute atomic E-state index is 10.8. The fourth-order valence-corrected chi connectivity index (χ4v) is 2.26. The number of carboxylic acid groups (broad SMARTS) is 1. The molecule has 0 aliphatic carbocycles. The van der Waals surface area contributed by atoms with E-state index in [9.17, 15) is 9.59 Å². The minimum absolute atomic E-state index is 0.0921. The van der Waals surface area contributed by atoms with Crippen LogP contribution < -0.4 is 0 Å². The molecule has 0 aliphatic heterocycles. The maximum atomic E-state index is 10.8. The Morgan fingerprint density at radius 1 is 1.44 bits per heavy atom. The lowest BCUT2D eigenvalue weighted by Crippen LogP contribution is -1.98. The van der Waals surface area contributed by atoms with E-state index in [0.717, 1.165) is 4.90 Å². The predicted octanol–water partition coefficient (Wildman–Crippen LogP) is 3.11. The van der Waals surface area contributed by atoms with Crippen LogP contribution >= 0.6 is 23.4 Å². The molecule has 0 unspecified atom stereocenters. The summed E-state index contributed by atoms with van der Waals surface area (Å²) < 4.78 is 0. The number of ketones is 1. The van der Waals surface area contributed by atoms with E-state index >= 15 is 0 Å². The SMILES string of the molecule is CC(=O)CCSc1ccc(Cl)c(C(=O)O)c1. The Kier molecular flexibility index (Phi) is 4.83. The van der Waals surface area contributed by atoms with Crippen LogP contribution in [0.1, 0.15) is 23.7 Å². The number of hydrogen-bond acceptors (Lipinski definition) is 3. The number of carbonyl (C=O) groups is 2. The Morgan fingerprint density at radius 2 is 2.12 bits per heavy atom. The Balaban J connectivity index is 2.71. The number of carbonyl (C=O) groups excluding carboxylic acids is 1. The first-order chi connectivity index (χ1) is 7.50. The molecule has 0 aliphatic rings. The molecule has 0 fully saturated rings. The molecule has 5 heteroatoms. The molecule has 0 spiro atoms. The lowest BCUT2D eigenvalue weighted by Gasteiger charge is -2.03. The molecule has 0 heterocycles. The van der Waals surface area contributed by atoms with Crippen LogP contribution in [-0.2, 0) is 4.79 Å². The first-order valence-electron chi connectivity index (χ1n) is 4.66. The molecule has 1 N–H and O–H groups in total. The number of aromatic carboxylic acids is 1. The van der Waals surface area contributed by atoms with Crippen molar-refractivity contribution in [2.45, 2.75) is 18.2 Å². The fraction of sp³-hybridized carbons (Fsp3) is 0.273. The van der Waals surface area contributed by atoms with Crippen LogP contribution in [0.15, 0.2) is 23.1 Å². The van der Waals surface area contributed by atoms with Crippen molar-refractivity contribution in [3.8, 4) is 0 Å². The molecule has 0 aromatic heterocycles. The van der Waals surface area contributed by atoms with Gasteiger partial charge in [0.05, 0.1) is 10.6 Å². The number of hydrogen-bond donors (Lipinski definition) is 1. The number of rotatable bonds is 5. The third-order valence-corrected chi connectivity index (χ3v) is 3.22. The van der Waals surface area contributed by atoms with Gasteiger partial charge in [-0.25, -0.2) is 4.79 Å². The van der Waals surface area contributed by atoms with Gasteiger partial charge in [-0.3, -0.25) is 4.79 Å². The number of thioether (sulfide) groups is 1. The third kappa shape index (κ3) is 3.87. The molecule has 86 valence electrons. The van der Waals surface area contributed by atoms with Crippen molar-refractivity contribution >= 4 is 35.1 Å². The van der Waals surface area contributed by atoms with Crippen molar-refractivity contribution < 1.29 is 14.7 Å². The second-order valence-corrected chi connectivity index (χ2v) is 4.82. The maximum Gasteiger partial charge on any atom is 0.337 e. The molecular formula is C11H11ClO3S. The second-order valence-electron chi connectivity index (χ2n) is 3.25. The van der Waals surface area contributed by atoms with Gasteiger partial charge in [-0.1, -0.05) is 11.6 Å². The van der Waals surface area contributed by atoms with Crippen LogP contribution in [0.25, 0.3) is 0 Å². The van der Waals surface area contributed by atoms with E-state index in [1.54, 1.807) is 12.1 Å². The molecule has 1 aromatic carbocycles. The van der Waals surface area contributed by atoms with Crippen molar-refractivity contribution in [3.05, 3.63) is 28.8 Å². The Labute approximate surface area is 103 Å². The van der Waals surface area contributed by atoms with Crippen LogP contribution in [0.4, 0.5) is 0 Å². The van der Waals surface area contributed by atoms with Gasteiger partial charge in [0.2, 0.25) is 0 Å². The zero-order chi connectivity index (χ0) is 12.1. The van der Waals surface area contributed by atoms with E-state index in [0.29, 0.717) is 12.2 Å². The van der Waals surface area contributed by atoms with Gasteiger partial charge in [-0.15, -0.1) is 11.8 Å². The molecule has 1 rings (SSSR count). The molecule has 3 nitrogen and oxygen atoms in total. The van der Waals surface area contributed by atoms with Crippen LogP contribution in [-0.4, -0.2) is 22.6 Å². The fourth-order valence-electron chi connectivity index (χ4n) is 1.07. The summed E-state index contributed by atoms with van der Waals surface area (Å²) >= 11 is 7.18. The van der Waals surface area contributed by atoms with E-state index in [-0.39, 0.29) is 16.4 Å². The third-order valence-electron chi connectivity index (χ3n) is 1.89.